The Balaban J connectivity index is 2.31. The van der Waals surface area contributed by atoms with Crippen molar-refractivity contribution in [3.05, 3.63) is 0 Å². The first-order chi connectivity index (χ1) is 10.1. The highest BCUT2D eigenvalue weighted by Crippen LogP contribution is 2.12. The summed E-state index contributed by atoms with van der Waals surface area (Å²) >= 11 is 0. The summed E-state index contributed by atoms with van der Waals surface area (Å²) in [4.78, 5) is 14.1. The van der Waals surface area contributed by atoms with Gasteiger partial charge in [-0.15, -0.1) is 6.42 Å². The number of alkyl carbamates (subject to hydrolysis) is 1. The van der Waals surface area contributed by atoms with Gasteiger partial charge in [0, 0.05) is 25.7 Å². The summed E-state index contributed by atoms with van der Waals surface area (Å²) in [7, 11) is 0. The van der Waals surface area contributed by atoms with E-state index in [1.54, 1.807) is 0 Å². The molecule has 0 unspecified atom stereocenters. The number of carbonyl (C=O) groups excluding carboxylic acids is 1. The number of hydrogen-bond acceptors (Lipinski definition) is 4. The van der Waals surface area contributed by atoms with E-state index in [1.165, 1.54) is 0 Å². The third-order valence-corrected chi connectivity index (χ3v) is 3.57. The molecule has 0 bridgehead atoms. The highest BCUT2D eigenvalue weighted by atomic mass is 16.6. The van der Waals surface area contributed by atoms with Crippen molar-refractivity contribution in [1.82, 2.24) is 15.5 Å². The van der Waals surface area contributed by atoms with Crippen molar-refractivity contribution in [1.29, 1.82) is 0 Å². The smallest absolute Gasteiger partial charge is 0.408 e. The summed E-state index contributed by atoms with van der Waals surface area (Å²) in [5.74, 6) is 2.69. The second kappa shape index (κ2) is 7.85. The van der Waals surface area contributed by atoms with Crippen molar-refractivity contribution in [2.45, 2.75) is 64.6 Å². The van der Waals surface area contributed by atoms with Gasteiger partial charge in [0.05, 0.1) is 12.1 Å². The normalized spacial score (nSPS) is 17.8. The van der Waals surface area contributed by atoms with Gasteiger partial charge in [0.25, 0.3) is 0 Å². The van der Waals surface area contributed by atoms with Gasteiger partial charge in [-0.3, -0.25) is 4.90 Å². The monoisotopic (exact) mass is 309 g/mol. The third kappa shape index (κ3) is 7.67. The molecule has 1 aliphatic rings. The van der Waals surface area contributed by atoms with Crippen LogP contribution in [0.1, 0.15) is 47.5 Å². The van der Waals surface area contributed by atoms with Crippen LogP contribution in [0.5, 0.6) is 0 Å². The molecule has 126 valence electrons. The van der Waals surface area contributed by atoms with Gasteiger partial charge in [-0.1, -0.05) is 5.92 Å². The van der Waals surface area contributed by atoms with Crippen LogP contribution < -0.4 is 10.6 Å². The minimum absolute atomic E-state index is 0.349. The maximum absolute atomic E-state index is 11.9. The van der Waals surface area contributed by atoms with Crippen LogP contribution in [-0.4, -0.2) is 54.4 Å². The first-order valence-electron chi connectivity index (χ1n) is 8.02. The van der Waals surface area contributed by atoms with E-state index >= 15 is 0 Å². The van der Waals surface area contributed by atoms with E-state index in [-0.39, 0.29) is 11.6 Å². The van der Waals surface area contributed by atoms with E-state index in [4.69, 9.17) is 11.2 Å². The van der Waals surface area contributed by atoms with Crippen molar-refractivity contribution in [3.63, 3.8) is 0 Å². The molecule has 5 nitrogen and oxygen atoms in total. The lowest BCUT2D eigenvalue weighted by molar-refractivity contribution is 0.0469. The number of nitrogens with one attached hydrogen (secondary N) is 2. The van der Waals surface area contributed by atoms with Crippen LogP contribution in [0.15, 0.2) is 0 Å². The van der Waals surface area contributed by atoms with Crippen LogP contribution in [-0.2, 0) is 4.74 Å². The van der Waals surface area contributed by atoms with Crippen molar-refractivity contribution in [2.75, 3.05) is 26.2 Å². The molecule has 1 rings (SSSR count). The number of amides is 1. The number of rotatable bonds is 5. The summed E-state index contributed by atoms with van der Waals surface area (Å²) in [5.41, 5.74) is -0.824. The quantitative estimate of drug-likeness (QED) is 0.763. The second-order valence-corrected chi connectivity index (χ2v) is 7.65. The topological polar surface area (TPSA) is 53.6 Å². The van der Waals surface area contributed by atoms with Gasteiger partial charge in [0.15, 0.2) is 0 Å². The molecule has 0 atom stereocenters. The van der Waals surface area contributed by atoms with E-state index in [1.807, 2.05) is 34.6 Å². The fraction of sp³-hybridized carbons (Fsp3) is 0.824. The van der Waals surface area contributed by atoms with Gasteiger partial charge in [0.2, 0.25) is 0 Å². The fourth-order valence-electron chi connectivity index (χ4n) is 2.45. The molecule has 1 fully saturated rings. The minimum Gasteiger partial charge on any atom is -0.444 e. The number of nitrogens with zero attached hydrogens (tertiary/aromatic N) is 1. The number of likely N-dealkylation sites (tertiary alicyclic amines) is 1. The summed E-state index contributed by atoms with van der Waals surface area (Å²) in [6.45, 7) is 13.1. The van der Waals surface area contributed by atoms with Crippen LogP contribution in [0.4, 0.5) is 4.79 Å². The highest BCUT2D eigenvalue weighted by Gasteiger charge is 2.26. The zero-order valence-electron chi connectivity index (χ0n) is 14.7. The summed E-state index contributed by atoms with van der Waals surface area (Å²) in [6.07, 6.45) is 7.14. The Labute approximate surface area is 135 Å². The van der Waals surface area contributed by atoms with Gasteiger partial charge < -0.3 is 15.4 Å². The van der Waals surface area contributed by atoms with Gasteiger partial charge >= 0.3 is 6.09 Å². The lowest BCUT2D eigenvalue weighted by atomic mass is 10.0. The SMILES string of the molecule is C#CCN1CCC(NCC(C)(C)NC(=O)OC(C)(C)C)CC1. The predicted octanol–water partition coefficient (Wildman–Crippen LogP) is 1.98. The molecular formula is C17H31N3O2. The number of hydrogen-bond donors (Lipinski definition) is 2. The summed E-state index contributed by atoms with van der Waals surface area (Å²) in [6, 6.07) is 0.480. The van der Waals surface area contributed by atoms with Crippen molar-refractivity contribution in [3.8, 4) is 12.3 Å². The minimum atomic E-state index is -0.475. The average molecular weight is 309 g/mol. The van der Waals surface area contributed by atoms with Crippen LogP contribution in [0.2, 0.25) is 0 Å². The second-order valence-electron chi connectivity index (χ2n) is 7.65. The molecule has 1 saturated heterocycles. The van der Waals surface area contributed by atoms with Crippen molar-refractivity contribution < 1.29 is 9.53 Å². The number of piperidine rings is 1. The Bertz CT molecular complexity index is 399. The van der Waals surface area contributed by atoms with Crippen LogP contribution >= 0.6 is 0 Å². The van der Waals surface area contributed by atoms with E-state index < -0.39 is 5.60 Å². The van der Waals surface area contributed by atoms with Crippen LogP contribution in [0, 0.1) is 12.3 Å². The maximum Gasteiger partial charge on any atom is 0.408 e. The largest absolute Gasteiger partial charge is 0.444 e. The number of ether oxygens (including phenoxy) is 1. The van der Waals surface area contributed by atoms with Gasteiger partial charge in [0.1, 0.15) is 5.60 Å². The maximum atomic E-state index is 11.9. The first-order valence-corrected chi connectivity index (χ1v) is 8.02. The zero-order chi connectivity index (χ0) is 16.8. The molecule has 1 amide bonds. The summed E-state index contributed by atoms with van der Waals surface area (Å²) in [5, 5.41) is 6.46. The third-order valence-electron chi connectivity index (χ3n) is 3.57. The molecule has 0 aromatic heterocycles. The van der Waals surface area contributed by atoms with Crippen LogP contribution in [0.3, 0.4) is 0 Å². The number of terminal acetylenes is 1. The molecule has 0 spiro atoms. The molecule has 0 saturated carbocycles. The lowest BCUT2D eigenvalue weighted by Gasteiger charge is -2.34. The van der Waals surface area contributed by atoms with E-state index in [0.717, 1.165) is 32.5 Å². The molecule has 22 heavy (non-hydrogen) atoms. The zero-order valence-corrected chi connectivity index (χ0v) is 14.7. The molecule has 0 radical (unpaired) electrons. The highest BCUT2D eigenvalue weighted by molar-refractivity contribution is 5.68. The molecule has 1 heterocycles. The molecule has 1 aliphatic heterocycles. The number of carbonyl (C=O) groups is 1. The molecular weight excluding hydrogens is 278 g/mol. The summed E-state index contributed by atoms with van der Waals surface area (Å²) < 4.78 is 5.30. The van der Waals surface area contributed by atoms with Gasteiger partial charge in [-0.2, -0.15) is 0 Å². The lowest BCUT2D eigenvalue weighted by Crippen LogP contribution is -2.54. The van der Waals surface area contributed by atoms with Crippen LogP contribution in [0.25, 0.3) is 0 Å². The molecule has 2 N–H and O–H groups in total. The van der Waals surface area contributed by atoms with Crippen molar-refractivity contribution in [2.24, 2.45) is 0 Å². The van der Waals surface area contributed by atoms with Gasteiger partial charge in [-0.25, -0.2) is 4.79 Å². The van der Waals surface area contributed by atoms with E-state index in [9.17, 15) is 4.79 Å². The fourth-order valence-corrected chi connectivity index (χ4v) is 2.45. The standard InChI is InChI=1S/C17H31N3O2/c1-7-10-20-11-8-14(9-12-20)18-13-17(5,6)19-15(21)22-16(2,3)4/h1,14,18H,8-13H2,2-6H3,(H,19,21). The van der Waals surface area contributed by atoms with E-state index in [0.29, 0.717) is 12.6 Å². The average Bonchev–Trinajstić information content (AvgIpc) is 2.35. The molecule has 0 aromatic rings. The van der Waals surface area contributed by atoms with Crippen molar-refractivity contribution >= 4 is 6.09 Å². The van der Waals surface area contributed by atoms with E-state index in [2.05, 4.69) is 21.5 Å². The Hall–Kier alpha value is -1.25. The molecule has 5 heteroatoms. The Kier molecular flexibility index (Phi) is 6.70. The first kappa shape index (κ1) is 18.8. The Morgan fingerprint density at radius 3 is 2.36 bits per heavy atom. The Morgan fingerprint density at radius 2 is 1.86 bits per heavy atom. The molecule has 0 aromatic carbocycles. The molecule has 0 aliphatic carbocycles. The predicted molar refractivity (Wildman–Crippen MR) is 89.7 cm³/mol. The Morgan fingerprint density at radius 1 is 1.27 bits per heavy atom. The van der Waals surface area contributed by atoms with Gasteiger partial charge in [-0.05, 0) is 47.5 Å².